The van der Waals surface area contributed by atoms with Crippen LogP contribution in [-0.2, 0) is 19.2 Å². The summed E-state index contributed by atoms with van der Waals surface area (Å²) < 4.78 is 31.2. The Labute approximate surface area is 145 Å². The van der Waals surface area contributed by atoms with Crippen molar-refractivity contribution in [3.63, 3.8) is 0 Å². The van der Waals surface area contributed by atoms with Gasteiger partial charge in [-0.3, -0.25) is 0 Å². The minimum absolute atomic E-state index is 0. The van der Waals surface area contributed by atoms with Crippen LogP contribution in [0.15, 0.2) is 24.3 Å². The van der Waals surface area contributed by atoms with Gasteiger partial charge in [0.15, 0.2) is 0 Å². The predicted octanol–water partition coefficient (Wildman–Crippen LogP) is -1.98. The zero-order valence-corrected chi connectivity index (χ0v) is 14.8. The average Bonchev–Trinajstić information content (AvgIpc) is 2.16. The third-order valence-electron chi connectivity index (χ3n) is 1.60. The summed E-state index contributed by atoms with van der Waals surface area (Å²) >= 11 is 1.94. The minimum atomic E-state index is -3.50. The Morgan fingerprint density at radius 2 is 1.94 bits per heavy atom. The maximum absolute atomic E-state index is 10.7. The van der Waals surface area contributed by atoms with Crippen molar-refractivity contribution in [2.45, 2.75) is 13.5 Å². The smallest absolute Gasteiger partial charge is 1.00 e. The maximum atomic E-state index is 10.7. The van der Waals surface area contributed by atoms with Gasteiger partial charge >= 0.3 is 148 Å². The Kier molecular flexibility index (Phi) is 9.02. The average molecular weight is 333 g/mol. The van der Waals surface area contributed by atoms with Crippen molar-refractivity contribution in [1.82, 2.24) is 0 Å². The second kappa shape index (κ2) is 8.37. The second-order valence-electron chi connectivity index (χ2n) is 2.75. The van der Waals surface area contributed by atoms with Gasteiger partial charge in [-0.1, -0.05) is 0 Å². The van der Waals surface area contributed by atoms with E-state index in [0.29, 0.717) is 6.61 Å². The molecule has 0 radical (unpaired) electrons. The fourth-order valence-corrected chi connectivity index (χ4v) is 1.57. The van der Waals surface area contributed by atoms with Crippen LogP contribution in [0.1, 0.15) is 12.5 Å². The van der Waals surface area contributed by atoms with Crippen LogP contribution in [-0.4, -0.2) is 29.8 Å². The van der Waals surface area contributed by atoms with Crippen molar-refractivity contribution < 1.29 is 69.1 Å². The molecule has 0 amide bonds. The molecule has 1 unspecified atom stereocenters. The van der Waals surface area contributed by atoms with Crippen LogP contribution >= 0.6 is 0 Å². The van der Waals surface area contributed by atoms with Crippen LogP contribution in [0.2, 0.25) is 0 Å². The molecule has 0 N–H and O–H groups in total. The standard InChI is InChI=1S/C9H12O4SSe.K/c1-2-12-9-5-3-8(4-6-9)7-13-14(10,11)15;/h3-6H,2,7H2,1H3,(H,10,11,15);/q;+1/p-1. The topological polar surface area (TPSA) is 58.6 Å². The quantitative estimate of drug-likeness (QED) is 0.586. The van der Waals surface area contributed by atoms with Crippen LogP contribution in [0.4, 0.5) is 0 Å². The summed E-state index contributed by atoms with van der Waals surface area (Å²) in [5, 5.41) is 0. The van der Waals surface area contributed by atoms with E-state index in [0.717, 1.165) is 11.3 Å². The van der Waals surface area contributed by atoms with Gasteiger partial charge in [-0.15, -0.1) is 0 Å². The van der Waals surface area contributed by atoms with Gasteiger partial charge in [0.05, 0.1) is 0 Å². The van der Waals surface area contributed by atoms with Gasteiger partial charge in [-0.05, 0) is 0 Å². The first-order chi connectivity index (χ1) is 7.01. The summed E-state index contributed by atoms with van der Waals surface area (Å²) in [5.41, 5.74) is 0.775. The van der Waals surface area contributed by atoms with Crippen LogP contribution in [0.3, 0.4) is 0 Å². The summed E-state index contributed by atoms with van der Waals surface area (Å²) in [6, 6.07) is 7.06. The third kappa shape index (κ3) is 7.55. The second-order valence-corrected chi connectivity index (χ2v) is 6.37. The van der Waals surface area contributed by atoms with E-state index < -0.39 is 8.42 Å². The summed E-state index contributed by atoms with van der Waals surface area (Å²) in [6.07, 6.45) is 0. The van der Waals surface area contributed by atoms with Gasteiger partial charge in [0.2, 0.25) is 0 Å². The molecule has 0 bridgehead atoms. The van der Waals surface area contributed by atoms with E-state index in [9.17, 15) is 8.76 Å². The van der Waals surface area contributed by atoms with Gasteiger partial charge in [0.1, 0.15) is 0 Å². The molecule has 84 valence electrons. The molecular formula is C9H11KO4SSe. The van der Waals surface area contributed by atoms with E-state index in [2.05, 4.69) is 4.18 Å². The largest absolute Gasteiger partial charge is 1.00 e. The Morgan fingerprint density at radius 3 is 2.38 bits per heavy atom. The Morgan fingerprint density at radius 1 is 1.38 bits per heavy atom. The van der Waals surface area contributed by atoms with Crippen molar-refractivity contribution in [2.75, 3.05) is 6.61 Å². The number of ether oxygens (including phenoxy) is 1. The van der Waals surface area contributed by atoms with Crippen LogP contribution in [0.25, 0.3) is 0 Å². The van der Waals surface area contributed by atoms with E-state index in [4.69, 9.17) is 4.74 Å². The maximum Gasteiger partial charge on any atom is 1.00 e. The molecule has 0 spiro atoms. The summed E-state index contributed by atoms with van der Waals surface area (Å²) in [6.45, 7) is 2.53. The summed E-state index contributed by atoms with van der Waals surface area (Å²) in [5.74, 6) is 0.757. The SMILES string of the molecule is CCOc1ccc(COS(=O)([O-])=[Se])cc1.[K+]. The molecule has 0 fully saturated rings. The van der Waals surface area contributed by atoms with Crippen molar-refractivity contribution in [1.29, 1.82) is 0 Å². The van der Waals surface area contributed by atoms with Crippen molar-refractivity contribution in [2.24, 2.45) is 0 Å². The molecule has 0 saturated heterocycles. The zero-order valence-electron chi connectivity index (χ0n) is 9.17. The number of hydrogen-bond acceptors (Lipinski definition) is 4. The molecule has 0 aromatic heterocycles. The molecule has 7 heteroatoms. The first-order valence-corrected chi connectivity index (χ1v) is 7.76. The molecular weight excluding hydrogens is 322 g/mol. The predicted molar refractivity (Wildman–Crippen MR) is 57.1 cm³/mol. The molecule has 1 aromatic rings. The number of rotatable bonds is 5. The third-order valence-corrected chi connectivity index (χ3v) is 2.62. The van der Waals surface area contributed by atoms with Gasteiger partial charge in [-0.25, -0.2) is 0 Å². The number of hydrogen-bond donors (Lipinski definition) is 0. The van der Waals surface area contributed by atoms with E-state index in [1.807, 2.05) is 21.3 Å². The summed E-state index contributed by atoms with van der Waals surface area (Å²) in [4.78, 5) is 0. The molecule has 16 heavy (non-hydrogen) atoms. The molecule has 0 saturated carbocycles. The molecule has 0 aliphatic heterocycles. The fraction of sp³-hybridized carbons (Fsp3) is 0.333. The first kappa shape index (κ1) is 17.2. The van der Waals surface area contributed by atoms with Gasteiger partial charge in [0, 0.05) is 0 Å². The molecule has 1 rings (SSSR count). The Hall–Kier alpha value is 1.25. The van der Waals surface area contributed by atoms with E-state index in [1.165, 1.54) is 0 Å². The first-order valence-electron chi connectivity index (χ1n) is 4.33. The van der Waals surface area contributed by atoms with E-state index in [1.54, 1.807) is 24.3 Å². The normalized spacial score (nSPS) is 13.6. The zero-order chi connectivity index (χ0) is 11.3. The van der Waals surface area contributed by atoms with Gasteiger partial charge in [-0.2, -0.15) is 0 Å². The van der Waals surface area contributed by atoms with Crippen molar-refractivity contribution in [3.05, 3.63) is 29.8 Å². The van der Waals surface area contributed by atoms with E-state index >= 15 is 0 Å². The Balaban J connectivity index is 0.00000225. The van der Waals surface area contributed by atoms with E-state index in [-0.39, 0.29) is 58.0 Å². The van der Waals surface area contributed by atoms with Crippen LogP contribution < -0.4 is 56.1 Å². The van der Waals surface area contributed by atoms with Crippen LogP contribution in [0.5, 0.6) is 5.75 Å². The van der Waals surface area contributed by atoms with Gasteiger partial charge < -0.3 is 0 Å². The molecule has 0 heterocycles. The van der Waals surface area contributed by atoms with Crippen LogP contribution in [0, 0.1) is 0 Å². The Bertz CT molecular complexity index is 404. The van der Waals surface area contributed by atoms with Crippen molar-refractivity contribution in [3.8, 4) is 5.75 Å². The fourth-order valence-electron chi connectivity index (χ4n) is 0.989. The molecule has 1 atom stereocenters. The van der Waals surface area contributed by atoms with Crippen molar-refractivity contribution >= 4 is 22.8 Å². The molecule has 4 nitrogen and oxygen atoms in total. The van der Waals surface area contributed by atoms with Gasteiger partial charge in [0.25, 0.3) is 0 Å². The summed E-state index contributed by atoms with van der Waals surface area (Å²) in [7, 11) is -3.50. The monoisotopic (exact) mass is 334 g/mol. The number of benzene rings is 1. The molecule has 0 aliphatic rings. The minimum Gasteiger partial charge on any atom is 1.00 e. The molecule has 1 aromatic carbocycles. The molecule has 0 aliphatic carbocycles.